The zero-order chi connectivity index (χ0) is 12.9. The number of nitro benzene ring substituents is 1. The molecule has 0 aromatic heterocycles. The van der Waals surface area contributed by atoms with E-state index in [-0.39, 0.29) is 5.69 Å². The quantitative estimate of drug-likeness (QED) is 0.552. The van der Waals surface area contributed by atoms with Gasteiger partial charge in [-0.1, -0.05) is 6.07 Å². The second-order valence-corrected chi connectivity index (χ2v) is 5.13. The van der Waals surface area contributed by atoms with E-state index in [1.54, 1.807) is 6.07 Å². The van der Waals surface area contributed by atoms with Crippen molar-refractivity contribution in [3.05, 3.63) is 33.9 Å². The molecule has 1 fully saturated rings. The summed E-state index contributed by atoms with van der Waals surface area (Å²) in [4.78, 5) is 10.2. The number of aryl methyl sites for hydroxylation is 1. The highest BCUT2D eigenvalue weighted by molar-refractivity contribution is 7.82. The Morgan fingerprint density at radius 3 is 2.94 bits per heavy atom. The van der Waals surface area contributed by atoms with Gasteiger partial charge in [-0.25, -0.2) is 9.25 Å². The van der Waals surface area contributed by atoms with Crippen LogP contribution in [0.1, 0.15) is 12.0 Å². The Kier molecular flexibility index (Phi) is 2.30. The smallest absolute Gasteiger partial charge is 0.258 e. The van der Waals surface area contributed by atoms with E-state index in [4.69, 9.17) is 4.18 Å². The fourth-order valence-electron chi connectivity index (χ4n) is 2.06. The Balaban J connectivity index is 2.08. The van der Waals surface area contributed by atoms with Crippen molar-refractivity contribution in [3.8, 4) is 0 Å². The predicted molar refractivity (Wildman–Crippen MR) is 58.8 cm³/mol. The highest BCUT2D eigenvalue weighted by Gasteiger charge is 2.42. The monoisotopic (exact) mass is 272 g/mol. The van der Waals surface area contributed by atoms with Gasteiger partial charge >= 0.3 is 10.4 Å². The molecule has 2 aliphatic heterocycles. The molecule has 2 aliphatic rings. The van der Waals surface area contributed by atoms with E-state index in [0.717, 1.165) is 10.6 Å². The SMILES string of the molecule is O=[N+]([O-])c1ccc2c(c1)N1OS(=O)(=O)OC1CC2. The van der Waals surface area contributed by atoms with Crippen LogP contribution in [0.3, 0.4) is 0 Å². The maximum absolute atomic E-state index is 11.2. The first-order valence-electron chi connectivity index (χ1n) is 5.16. The molecule has 0 amide bonds. The van der Waals surface area contributed by atoms with Gasteiger partial charge < -0.3 is 0 Å². The summed E-state index contributed by atoms with van der Waals surface area (Å²) >= 11 is 0. The highest BCUT2D eigenvalue weighted by Crippen LogP contribution is 2.38. The topological polar surface area (TPSA) is 99.0 Å². The number of nitro groups is 1. The van der Waals surface area contributed by atoms with E-state index in [0.29, 0.717) is 18.5 Å². The third-order valence-electron chi connectivity index (χ3n) is 2.84. The van der Waals surface area contributed by atoms with Crippen LogP contribution in [0, 0.1) is 10.1 Å². The van der Waals surface area contributed by atoms with Crippen LogP contribution in [0.5, 0.6) is 0 Å². The lowest BCUT2D eigenvalue weighted by molar-refractivity contribution is -0.384. The molecule has 1 aromatic carbocycles. The van der Waals surface area contributed by atoms with E-state index < -0.39 is 21.6 Å². The molecule has 18 heavy (non-hydrogen) atoms. The molecule has 3 rings (SSSR count). The van der Waals surface area contributed by atoms with Gasteiger partial charge in [0.2, 0.25) is 0 Å². The van der Waals surface area contributed by atoms with Gasteiger partial charge in [-0.15, -0.1) is 4.28 Å². The Morgan fingerprint density at radius 2 is 2.22 bits per heavy atom. The Bertz CT molecular complexity index is 628. The van der Waals surface area contributed by atoms with Crippen molar-refractivity contribution in [1.82, 2.24) is 0 Å². The molecule has 0 bridgehead atoms. The van der Waals surface area contributed by atoms with Crippen molar-refractivity contribution < 1.29 is 21.8 Å². The number of hydrogen-bond donors (Lipinski definition) is 0. The Hall–Kier alpha value is -1.71. The Labute approximate surface area is 102 Å². The molecule has 0 saturated carbocycles. The standard InChI is InChI=1S/C9H8N2O6S/c12-11(13)7-3-1-6-2-4-9-10(8(6)5-7)17-18(14,15)16-9/h1,3,5,9H,2,4H2. The number of benzene rings is 1. The van der Waals surface area contributed by atoms with Crippen LogP contribution in [0.25, 0.3) is 0 Å². The zero-order valence-corrected chi connectivity index (χ0v) is 9.79. The molecule has 2 heterocycles. The van der Waals surface area contributed by atoms with E-state index >= 15 is 0 Å². The van der Waals surface area contributed by atoms with Crippen LogP contribution in [0.2, 0.25) is 0 Å². The maximum Gasteiger partial charge on any atom is 0.423 e. The van der Waals surface area contributed by atoms with Gasteiger partial charge in [-0.05, 0) is 12.0 Å². The van der Waals surface area contributed by atoms with Gasteiger partial charge in [0.25, 0.3) is 5.69 Å². The zero-order valence-electron chi connectivity index (χ0n) is 8.98. The van der Waals surface area contributed by atoms with Crippen LogP contribution >= 0.6 is 0 Å². The largest absolute Gasteiger partial charge is 0.423 e. The summed E-state index contributed by atoms with van der Waals surface area (Å²) in [7, 11) is -4.05. The molecule has 1 saturated heterocycles. The van der Waals surface area contributed by atoms with Crippen LogP contribution in [0.4, 0.5) is 11.4 Å². The minimum Gasteiger partial charge on any atom is -0.258 e. The molecule has 0 spiro atoms. The summed E-state index contributed by atoms with van der Waals surface area (Å²) in [5.41, 5.74) is 1.03. The van der Waals surface area contributed by atoms with Crippen molar-refractivity contribution in [1.29, 1.82) is 0 Å². The second-order valence-electron chi connectivity index (χ2n) is 3.97. The van der Waals surface area contributed by atoms with Gasteiger partial charge in [-0.3, -0.25) is 10.1 Å². The van der Waals surface area contributed by atoms with Gasteiger partial charge in [0.15, 0.2) is 6.23 Å². The van der Waals surface area contributed by atoms with Crippen LogP contribution in [0.15, 0.2) is 18.2 Å². The average molecular weight is 272 g/mol. The molecule has 1 atom stereocenters. The first-order valence-corrected chi connectivity index (χ1v) is 6.49. The van der Waals surface area contributed by atoms with Crippen molar-refractivity contribution in [2.75, 3.05) is 5.06 Å². The number of rotatable bonds is 1. The number of nitrogens with zero attached hydrogens (tertiary/aromatic N) is 2. The summed E-state index contributed by atoms with van der Waals surface area (Å²) in [6.07, 6.45) is 0.279. The molecule has 0 aliphatic carbocycles. The van der Waals surface area contributed by atoms with Gasteiger partial charge in [0, 0.05) is 18.6 Å². The fourth-order valence-corrected chi connectivity index (χ4v) is 2.92. The fraction of sp³-hybridized carbons (Fsp3) is 0.333. The number of fused-ring (bicyclic) bond motifs is 3. The predicted octanol–water partition coefficient (Wildman–Crippen LogP) is 0.880. The summed E-state index contributed by atoms with van der Waals surface area (Å²) < 4.78 is 31.8. The van der Waals surface area contributed by atoms with Crippen molar-refractivity contribution in [2.45, 2.75) is 19.1 Å². The third-order valence-corrected chi connectivity index (χ3v) is 3.64. The van der Waals surface area contributed by atoms with Crippen molar-refractivity contribution in [3.63, 3.8) is 0 Å². The molecule has 1 aromatic rings. The van der Waals surface area contributed by atoms with Gasteiger partial charge in [0.1, 0.15) is 0 Å². The molecule has 0 radical (unpaired) electrons. The summed E-state index contributed by atoms with van der Waals surface area (Å²) in [5, 5.41) is 11.8. The highest BCUT2D eigenvalue weighted by atomic mass is 32.3. The van der Waals surface area contributed by atoms with Gasteiger partial charge in [-0.2, -0.15) is 8.42 Å². The molecule has 8 nitrogen and oxygen atoms in total. The van der Waals surface area contributed by atoms with E-state index in [1.165, 1.54) is 12.1 Å². The first-order chi connectivity index (χ1) is 8.46. The maximum atomic E-state index is 11.2. The molecule has 1 unspecified atom stereocenters. The molecule has 9 heteroatoms. The summed E-state index contributed by atoms with van der Waals surface area (Å²) in [6, 6.07) is 4.26. The van der Waals surface area contributed by atoms with Crippen molar-refractivity contribution in [2.24, 2.45) is 0 Å². The molecule has 96 valence electrons. The van der Waals surface area contributed by atoms with Gasteiger partial charge in [0.05, 0.1) is 10.6 Å². The molecular formula is C9H8N2O6S. The van der Waals surface area contributed by atoms with E-state index in [9.17, 15) is 18.5 Å². The molecular weight excluding hydrogens is 264 g/mol. The molecule has 0 N–H and O–H groups in total. The number of non-ortho nitro benzene ring substituents is 1. The van der Waals surface area contributed by atoms with Crippen LogP contribution in [-0.4, -0.2) is 19.6 Å². The van der Waals surface area contributed by atoms with Crippen molar-refractivity contribution >= 4 is 21.8 Å². The summed E-state index contributed by atoms with van der Waals surface area (Å²) in [5.74, 6) is 0. The Morgan fingerprint density at radius 1 is 1.44 bits per heavy atom. The lowest BCUT2D eigenvalue weighted by Crippen LogP contribution is -2.33. The van der Waals surface area contributed by atoms with Crippen LogP contribution in [-0.2, 0) is 25.3 Å². The number of hydroxylamine groups is 1. The van der Waals surface area contributed by atoms with E-state index in [1.807, 2.05) is 0 Å². The van der Waals surface area contributed by atoms with E-state index in [2.05, 4.69) is 4.28 Å². The normalized spacial score (nSPS) is 24.4. The minimum absolute atomic E-state index is 0.123. The second kappa shape index (κ2) is 3.64. The first kappa shape index (κ1) is 11.4. The average Bonchev–Trinajstić information content (AvgIpc) is 2.62. The lowest BCUT2D eigenvalue weighted by Gasteiger charge is -2.27. The number of hydrogen-bond acceptors (Lipinski definition) is 7. The number of anilines is 1. The summed E-state index contributed by atoms with van der Waals surface area (Å²) in [6.45, 7) is 0. The van der Waals surface area contributed by atoms with Crippen LogP contribution < -0.4 is 5.06 Å². The third kappa shape index (κ3) is 1.72. The lowest BCUT2D eigenvalue weighted by atomic mass is 10.0. The minimum atomic E-state index is -4.05.